The number of rotatable bonds is 4. The molecule has 0 spiro atoms. The Hall–Kier alpha value is -2.22. The number of carbonyl (C=O) groups excluding carboxylic acids is 2. The maximum absolute atomic E-state index is 12.0. The zero-order valence-electron chi connectivity index (χ0n) is 10.2. The Labute approximate surface area is 112 Å². The maximum atomic E-state index is 12.0. The zero-order chi connectivity index (χ0) is 13.8. The van der Waals surface area contributed by atoms with Crippen molar-refractivity contribution in [2.24, 2.45) is 0 Å². The summed E-state index contributed by atoms with van der Waals surface area (Å²) in [6.07, 6.45) is 2.77. The molecule has 8 heteroatoms. The summed E-state index contributed by atoms with van der Waals surface area (Å²) >= 11 is 1.30. The van der Waals surface area contributed by atoms with Crippen LogP contribution >= 0.6 is 11.3 Å². The molecular formula is C11H12N4O3S. The van der Waals surface area contributed by atoms with Gasteiger partial charge < -0.3 is 10.6 Å². The van der Waals surface area contributed by atoms with Crippen LogP contribution in [0.25, 0.3) is 4.96 Å². The van der Waals surface area contributed by atoms with Crippen molar-refractivity contribution in [1.82, 2.24) is 20.0 Å². The third-order valence-corrected chi connectivity index (χ3v) is 3.14. The van der Waals surface area contributed by atoms with Crippen LogP contribution in [-0.2, 0) is 4.79 Å². The minimum absolute atomic E-state index is 0.0831. The number of aromatic nitrogens is 2. The van der Waals surface area contributed by atoms with Crippen LogP contribution in [0.3, 0.4) is 0 Å². The lowest BCUT2D eigenvalue weighted by molar-refractivity contribution is -0.120. The molecule has 2 N–H and O–H groups in total. The summed E-state index contributed by atoms with van der Waals surface area (Å²) in [5.74, 6) is -0.912. The summed E-state index contributed by atoms with van der Waals surface area (Å²) in [5.41, 5.74) is -0.528. The van der Waals surface area contributed by atoms with Crippen molar-refractivity contribution >= 4 is 28.1 Å². The average Bonchev–Trinajstić information content (AvgIpc) is 2.86. The van der Waals surface area contributed by atoms with Gasteiger partial charge in [-0.25, -0.2) is 4.98 Å². The molecule has 0 saturated heterocycles. The Morgan fingerprint density at radius 1 is 1.42 bits per heavy atom. The van der Waals surface area contributed by atoms with Gasteiger partial charge in [0.15, 0.2) is 4.96 Å². The number of fused-ring (bicyclic) bond motifs is 1. The van der Waals surface area contributed by atoms with Crippen molar-refractivity contribution in [3.05, 3.63) is 33.7 Å². The van der Waals surface area contributed by atoms with Gasteiger partial charge in [0.1, 0.15) is 5.56 Å². The van der Waals surface area contributed by atoms with E-state index in [0.717, 1.165) is 0 Å². The summed E-state index contributed by atoms with van der Waals surface area (Å²) in [5, 5.41) is 6.63. The molecule has 2 aromatic rings. The standard InChI is InChI=1S/C11H12N4O3S/c1-2-12-8(16)6-13-9(17)7-5-14-11-15(10(7)18)3-4-19-11/h3-5H,2,6H2,1H3,(H,12,16)(H,13,17). The average molecular weight is 280 g/mol. The van der Waals surface area contributed by atoms with Crippen LogP contribution in [0.2, 0.25) is 0 Å². The van der Waals surface area contributed by atoms with E-state index in [0.29, 0.717) is 11.5 Å². The summed E-state index contributed by atoms with van der Waals surface area (Å²) in [7, 11) is 0. The van der Waals surface area contributed by atoms with Gasteiger partial charge in [-0.2, -0.15) is 0 Å². The Kier molecular flexibility index (Phi) is 3.91. The number of likely N-dealkylation sites (N-methyl/N-ethyl adjacent to an activating group) is 1. The first-order valence-corrected chi connectivity index (χ1v) is 6.51. The van der Waals surface area contributed by atoms with Gasteiger partial charge in [0.05, 0.1) is 6.54 Å². The van der Waals surface area contributed by atoms with Crippen molar-refractivity contribution in [3.8, 4) is 0 Å². The van der Waals surface area contributed by atoms with Crippen molar-refractivity contribution < 1.29 is 9.59 Å². The van der Waals surface area contributed by atoms with Crippen molar-refractivity contribution in [1.29, 1.82) is 0 Å². The van der Waals surface area contributed by atoms with Gasteiger partial charge in [-0.15, -0.1) is 11.3 Å². The van der Waals surface area contributed by atoms with Gasteiger partial charge in [-0.3, -0.25) is 18.8 Å². The highest BCUT2D eigenvalue weighted by Gasteiger charge is 2.14. The lowest BCUT2D eigenvalue weighted by atomic mass is 10.3. The second kappa shape index (κ2) is 5.61. The summed E-state index contributed by atoms with van der Waals surface area (Å²) < 4.78 is 1.30. The minimum Gasteiger partial charge on any atom is -0.355 e. The first kappa shape index (κ1) is 13.2. The Morgan fingerprint density at radius 2 is 2.21 bits per heavy atom. The molecule has 0 aliphatic heterocycles. The quantitative estimate of drug-likeness (QED) is 0.798. The van der Waals surface area contributed by atoms with Gasteiger partial charge in [-0.1, -0.05) is 0 Å². The normalized spacial score (nSPS) is 10.4. The predicted octanol–water partition coefficient (Wildman–Crippen LogP) is -0.378. The molecule has 0 unspecified atom stereocenters. The number of hydrogen-bond donors (Lipinski definition) is 2. The fourth-order valence-electron chi connectivity index (χ4n) is 1.50. The molecule has 100 valence electrons. The Bertz CT molecular complexity index is 676. The van der Waals surface area contributed by atoms with Crippen LogP contribution in [0.1, 0.15) is 17.3 Å². The Morgan fingerprint density at radius 3 is 2.95 bits per heavy atom. The van der Waals surface area contributed by atoms with Gasteiger partial charge in [0, 0.05) is 24.3 Å². The number of thiazole rings is 1. The molecule has 0 aromatic carbocycles. The molecule has 2 heterocycles. The van der Waals surface area contributed by atoms with E-state index in [1.807, 2.05) is 0 Å². The molecule has 2 amide bonds. The fourth-order valence-corrected chi connectivity index (χ4v) is 2.17. The molecule has 7 nitrogen and oxygen atoms in total. The van der Waals surface area contributed by atoms with E-state index >= 15 is 0 Å². The highest BCUT2D eigenvalue weighted by Crippen LogP contribution is 2.05. The number of nitrogens with zero attached hydrogens (tertiary/aromatic N) is 2. The fraction of sp³-hybridized carbons (Fsp3) is 0.273. The molecule has 0 saturated carbocycles. The highest BCUT2D eigenvalue weighted by atomic mass is 32.1. The van der Waals surface area contributed by atoms with Crippen molar-refractivity contribution in [2.45, 2.75) is 6.92 Å². The number of hydrogen-bond acceptors (Lipinski definition) is 5. The lowest BCUT2D eigenvalue weighted by Gasteiger charge is -2.04. The third-order valence-electron chi connectivity index (χ3n) is 2.37. The predicted molar refractivity (Wildman–Crippen MR) is 70.4 cm³/mol. The van der Waals surface area contributed by atoms with E-state index in [4.69, 9.17) is 0 Å². The zero-order valence-corrected chi connectivity index (χ0v) is 11.0. The molecule has 0 fully saturated rings. The van der Waals surface area contributed by atoms with Crippen LogP contribution in [0.15, 0.2) is 22.6 Å². The van der Waals surface area contributed by atoms with Gasteiger partial charge in [-0.05, 0) is 6.92 Å². The number of amides is 2. The molecule has 2 aromatic heterocycles. The van der Waals surface area contributed by atoms with Gasteiger partial charge in [0.25, 0.3) is 11.5 Å². The third kappa shape index (κ3) is 2.79. The lowest BCUT2D eigenvalue weighted by Crippen LogP contribution is -2.39. The van der Waals surface area contributed by atoms with Gasteiger partial charge >= 0.3 is 0 Å². The van der Waals surface area contributed by atoms with Crippen LogP contribution in [-0.4, -0.2) is 34.3 Å². The number of nitrogens with one attached hydrogen (secondary N) is 2. The molecule has 0 aliphatic rings. The minimum atomic E-state index is -0.607. The summed E-state index contributed by atoms with van der Waals surface area (Å²) in [4.78, 5) is 39.5. The van der Waals surface area contributed by atoms with E-state index in [1.54, 1.807) is 18.5 Å². The van der Waals surface area contributed by atoms with Crippen molar-refractivity contribution in [2.75, 3.05) is 13.1 Å². The van der Waals surface area contributed by atoms with E-state index in [9.17, 15) is 14.4 Å². The number of carbonyl (C=O) groups is 2. The molecule has 0 bridgehead atoms. The summed E-state index contributed by atoms with van der Waals surface area (Å²) in [6, 6.07) is 0. The second-order valence-corrected chi connectivity index (χ2v) is 4.54. The van der Waals surface area contributed by atoms with Crippen LogP contribution in [0.4, 0.5) is 0 Å². The molecule has 19 heavy (non-hydrogen) atoms. The van der Waals surface area contributed by atoms with Crippen LogP contribution in [0, 0.1) is 0 Å². The SMILES string of the molecule is CCNC(=O)CNC(=O)c1cnc2sccn2c1=O. The highest BCUT2D eigenvalue weighted by molar-refractivity contribution is 7.15. The van der Waals surface area contributed by atoms with E-state index < -0.39 is 11.5 Å². The largest absolute Gasteiger partial charge is 0.355 e. The monoisotopic (exact) mass is 280 g/mol. The first-order valence-electron chi connectivity index (χ1n) is 5.63. The summed E-state index contributed by atoms with van der Waals surface area (Å²) in [6.45, 7) is 2.10. The topological polar surface area (TPSA) is 92.6 Å². The van der Waals surface area contributed by atoms with E-state index in [2.05, 4.69) is 15.6 Å². The smallest absolute Gasteiger partial charge is 0.271 e. The van der Waals surface area contributed by atoms with E-state index in [-0.39, 0.29) is 18.0 Å². The van der Waals surface area contributed by atoms with Crippen LogP contribution in [0.5, 0.6) is 0 Å². The van der Waals surface area contributed by atoms with Crippen molar-refractivity contribution in [3.63, 3.8) is 0 Å². The molecule has 0 aliphatic carbocycles. The Balaban J connectivity index is 2.15. The van der Waals surface area contributed by atoms with E-state index in [1.165, 1.54) is 21.9 Å². The van der Waals surface area contributed by atoms with Crippen LogP contribution < -0.4 is 16.2 Å². The molecule has 2 rings (SSSR count). The first-order chi connectivity index (χ1) is 9.13. The maximum Gasteiger partial charge on any atom is 0.271 e. The molecular weight excluding hydrogens is 268 g/mol. The van der Waals surface area contributed by atoms with Gasteiger partial charge in [0.2, 0.25) is 5.91 Å². The molecule has 0 atom stereocenters. The second-order valence-electron chi connectivity index (χ2n) is 3.67. The molecule has 0 radical (unpaired) electrons.